The van der Waals surface area contributed by atoms with Crippen molar-refractivity contribution in [1.29, 1.82) is 0 Å². The van der Waals surface area contributed by atoms with Gasteiger partial charge in [-0.2, -0.15) is 5.10 Å². The van der Waals surface area contributed by atoms with Crippen molar-refractivity contribution in [2.75, 3.05) is 14.2 Å². The molecule has 98 valence electrons. The lowest BCUT2D eigenvalue weighted by Crippen LogP contribution is -2.41. The van der Waals surface area contributed by atoms with E-state index in [4.69, 9.17) is 4.74 Å². The zero-order valence-electron chi connectivity index (χ0n) is 11.5. The first-order chi connectivity index (χ1) is 8.13. The molecule has 0 aliphatic carbocycles. The van der Waals surface area contributed by atoms with Gasteiger partial charge in [-0.25, -0.2) is 9.67 Å². The fraction of sp³-hybridized carbons (Fsp3) is 0.833. The van der Waals surface area contributed by atoms with E-state index in [1.807, 2.05) is 11.7 Å². The quantitative estimate of drug-likeness (QED) is 0.783. The number of ether oxygens (including phenoxy) is 1. The fourth-order valence-electron chi connectivity index (χ4n) is 2.08. The molecule has 0 aromatic carbocycles. The molecular weight excluding hydrogens is 216 g/mol. The molecule has 1 N–H and O–H groups in total. The lowest BCUT2D eigenvalue weighted by atomic mass is 10.0. The monoisotopic (exact) mass is 240 g/mol. The largest absolute Gasteiger partial charge is 0.380 e. The molecule has 5 nitrogen and oxygen atoms in total. The first-order valence-corrected chi connectivity index (χ1v) is 6.22. The van der Waals surface area contributed by atoms with Crippen LogP contribution >= 0.6 is 0 Å². The minimum absolute atomic E-state index is 0.206. The van der Waals surface area contributed by atoms with E-state index in [0.29, 0.717) is 6.04 Å². The number of nitrogens with zero attached hydrogens (tertiary/aromatic N) is 3. The van der Waals surface area contributed by atoms with Gasteiger partial charge in [0.2, 0.25) is 0 Å². The number of aromatic nitrogens is 3. The Labute approximate surface area is 104 Å². The van der Waals surface area contributed by atoms with Crippen molar-refractivity contribution in [3.8, 4) is 0 Å². The summed E-state index contributed by atoms with van der Waals surface area (Å²) in [6.07, 6.45) is 3.64. The van der Waals surface area contributed by atoms with Crippen LogP contribution in [0.3, 0.4) is 0 Å². The van der Waals surface area contributed by atoms with Crippen LogP contribution < -0.4 is 5.32 Å². The van der Waals surface area contributed by atoms with Crippen LogP contribution in [0.5, 0.6) is 0 Å². The standard InChI is InChI=1S/C12H24N4O/c1-6-11(17-5)10(13-4)7-12-14-8-15-16(12)9(2)3/h8-11,13H,6-7H2,1-5H3. The number of methoxy groups -OCH3 is 1. The zero-order valence-corrected chi connectivity index (χ0v) is 11.5. The van der Waals surface area contributed by atoms with Crippen molar-refractivity contribution in [3.05, 3.63) is 12.2 Å². The summed E-state index contributed by atoms with van der Waals surface area (Å²) in [6.45, 7) is 6.35. The first-order valence-electron chi connectivity index (χ1n) is 6.22. The molecule has 0 saturated carbocycles. The Morgan fingerprint density at radius 3 is 2.65 bits per heavy atom. The van der Waals surface area contributed by atoms with Crippen LogP contribution in [-0.2, 0) is 11.2 Å². The maximum absolute atomic E-state index is 5.48. The molecule has 0 fully saturated rings. The van der Waals surface area contributed by atoms with Gasteiger partial charge < -0.3 is 10.1 Å². The summed E-state index contributed by atoms with van der Waals surface area (Å²) in [6, 6.07) is 0.610. The van der Waals surface area contributed by atoms with Crippen molar-refractivity contribution in [2.24, 2.45) is 0 Å². The highest BCUT2D eigenvalue weighted by Gasteiger charge is 2.21. The molecule has 17 heavy (non-hydrogen) atoms. The van der Waals surface area contributed by atoms with E-state index < -0.39 is 0 Å². The Bertz CT molecular complexity index is 320. The number of likely N-dealkylation sites (N-methyl/N-ethyl adjacent to an activating group) is 1. The van der Waals surface area contributed by atoms with Gasteiger partial charge in [0.15, 0.2) is 0 Å². The molecule has 2 atom stereocenters. The van der Waals surface area contributed by atoms with Crippen LogP contribution in [0.1, 0.15) is 39.1 Å². The van der Waals surface area contributed by atoms with Crippen molar-refractivity contribution in [3.63, 3.8) is 0 Å². The Balaban J connectivity index is 2.76. The van der Waals surface area contributed by atoms with E-state index in [-0.39, 0.29) is 12.1 Å². The van der Waals surface area contributed by atoms with E-state index in [0.717, 1.165) is 18.7 Å². The summed E-state index contributed by atoms with van der Waals surface area (Å²) in [5.41, 5.74) is 0. The van der Waals surface area contributed by atoms with Gasteiger partial charge in [-0.15, -0.1) is 0 Å². The van der Waals surface area contributed by atoms with E-state index in [2.05, 4.69) is 36.2 Å². The van der Waals surface area contributed by atoms with Crippen LogP contribution in [0.25, 0.3) is 0 Å². The highest BCUT2D eigenvalue weighted by molar-refractivity contribution is 4.93. The average Bonchev–Trinajstić information content (AvgIpc) is 2.77. The fourth-order valence-corrected chi connectivity index (χ4v) is 2.08. The molecule has 1 heterocycles. The number of hydrogen-bond acceptors (Lipinski definition) is 4. The molecule has 1 rings (SSSR count). The van der Waals surface area contributed by atoms with E-state index in [1.54, 1.807) is 13.4 Å². The number of nitrogens with one attached hydrogen (secondary N) is 1. The second-order valence-electron chi connectivity index (χ2n) is 4.50. The Hall–Kier alpha value is -0.940. The van der Waals surface area contributed by atoms with Gasteiger partial charge in [-0.05, 0) is 27.3 Å². The molecule has 0 aliphatic rings. The van der Waals surface area contributed by atoms with Crippen LogP contribution in [0.2, 0.25) is 0 Å². The topological polar surface area (TPSA) is 52.0 Å². The highest BCUT2D eigenvalue weighted by atomic mass is 16.5. The highest BCUT2D eigenvalue weighted by Crippen LogP contribution is 2.11. The second-order valence-corrected chi connectivity index (χ2v) is 4.50. The summed E-state index contributed by atoms with van der Waals surface area (Å²) >= 11 is 0. The van der Waals surface area contributed by atoms with Gasteiger partial charge in [0.25, 0.3) is 0 Å². The second kappa shape index (κ2) is 6.71. The summed E-state index contributed by atoms with van der Waals surface area (Å²) in [4.78, 5) is 4.33. The summed E-state index contributed by atoms with van der Waals surface area (Å²) in [7, 11) is 3.72. The Kier molecular flexibility index (Phi) is 5.58. The minimum Gasteiger partial charge on any atom is -0.380 e. The van der Waals surface area contributed by atoms with Gasteiger partial charge >= 0.3 is 0 Å². The third kappa shape index (κ3) is 3.51. The number of rotatable bonds is 7. The van der Waals surface area contributed by atoms with Crippen molar-refractivity contribution in [2.45, 2.75) is 51.8 Å². The van der Waals surface area contributed by atoms with Gasteiger partial charge in [-0.3, -0.25) is 0 Å². The van der Waals surface area contributed by atoms with E-state index in [9.17, 15) is 0 Å². The van der Waals surface area contributed by atoms with Crippen molar-refractivity contribution in [1.82, 2.24) is 20.1 Å². The summed E-state index contributed by atoms with van der Waals surface area (Å²) in [5.74, 6) is 1.01. The molecule has 1 aromatic rings. The SMILES string of the molecule is CCC(OC)C(Cc1ncnn1C(C)C)NC. The molecule has 0 amide bonds. The van der Waals surface area contributed by atoms with Crippen molar-refractivity contribution >= 4 is 0 Å². The lowest BCUT2D eigenvalue weighted by Gasteiger charge is -2.24. The summed E-state index contributed by atoms with van der Waals surface area (Å²) < 4.78 is 7.45. The third-order valence-electron chi connectivity index (χ3n) is 3.06. The van der Waals surface area contributed by atoms with Crippen LogP contribution in [0, 0.1) is 0 Å². The molecule has 0 bridgehead atoms. The predicted octanol–water partition coefficient (Wildman–Crippen LogP) is 1.41. The smallest absolute Gasteiger partial charge is 0.138 e. The van der Waals surface area contributed by atoms with Crippen LogP contribution in [0.15, 0.2) is 6.33 Å². The maximum Gasteiger partial charge on any atom is 0.138 e. The minimum atomic E-state index is 0.206. The maximum atomic E-state index is 5.48. The molecular formula is C12H24N4O. The van der Waals surface area contributed by atoms with Gasteiger partial charge in [0, 0.05) is 25.6 Å². The third-order valence-corrected chi connectivity index (χ3v) is 3.06. The average molecular weight is 240 g/mol. The molecule has 0 spiro atoms. The normalized spacial score (nSPS) is 15.2. The van der Waals surface area contributed by atoms with Crippen molar-refractivity contribution < 1.29 is 4.74 Å². The van der Waals surface area contributed by atoms with E-state index in [1.165, 1.54) is 0 Å². The molecule has 5 heteroatoms. The lowest BCUT2D eigenvalue weighted by molar-refractivity contribution is 0.0667. The Morgan fingerprint density at radius 1 is 1.47 bits per heavy atom. The first kappa shape index (κ1) is 14.1. The van der Waals surface area contributed by atoms with Gasteiger partial charge in [-0.1, -0.05) is 6.92 Å². The molecule has 2 unspecified atom stereocenters. The Morgan fingerprint density at radius 2 is 2.18 bits per heavy atom. The zero-order chi connectivity index (χ0) is 12.8. The number of hydrogen-bond donors (Lipinski definition) is 1. The van der Waals surface area contributed by atoms with Crippen LogP contribution in [-0.4, -0.2) is 41.1 Å². The predicted molar refractivity (Wildman–Crippen MR) is 68.0 cm³/mol. The van der Waals surface area contributed by atoms with Gasteiger partial charge in [0.1, 0.15) is 12.2 Å². The molecule has 0 saturated heterocycles. The molecule has 1 aromatic heterocycles. The van der Waals surface area contributed by atoms with Gasteiger partial charge in [0.05, 0.1) is 6.10 Å². The summed E-state index contributed by atoms with van der Waals surface area (Å²) in [5, 5.41) is 7.55. The molecule has 0 aliphatic heterocycles. The molecule has 0 radical (unpaired) electrons. The van der Waals surface area contributed by atoms with E-state index >= 15 is 0 Å². The van der Waals surface area contributed by atoms with Crippen LogP contribution in [0.4, 0.5) is 0 Å².